The first-order chi connectivity index (χ1) is 14.3. The van der Waals surface area contributed by atoms with Gasteiger partial charge >= 0.3 is 0 Å². The Bertz CT molecular complexity index is 1270. The number of halogens is 1. The van der Waals surface area contributed by atoms with Gasteiger partial charge in [0.1, 0.15) is 0 Å². The summed E-state index contributed by atoms with van der Waals surface area (Å²) in [5.74, 6) is 0. The van der Waals surface area contributed by atoms with E-state index in [-0.39, 0.29) is 0 Å². The zero-order chi connectivity index (χ0) is 19.6. The van der Waals surface area contributed by atoms with Crippen molar-refractivity contribution in [1.82, 2.24) is 0 Å². The van der Waals surface area contributed by atoms with E-state index in [1.165, 1.54) is 44.2 Å². The minimum Gasteiger partial charge on any atom is -0.0843 e. The van der Waals surface area contributed by atoms with Crippen LogP contribution in [0.5, 0.6) is 0 Å². The maximum absolute atomic E-state index is 6.09. The highest BCUT2D eigenvalue weighted by Gasteiger charge is 2.11. The first-order valence-electron chi connectivity index (χ1n) is 9.73. The summed E-state index contributed by atoms with van der Waals surface area (Å²) in [7, 11) is 0. The Morgan fingerprint density at radius 1 is 0.379 bits per heavy atom. The van der Waals surface area contributed by atoms with Crippen LogP contribution < -0.4 is 0 Å². The minimum absolute atomic E-state index is 0.755. The van der Waals surface area contributed by atoms with Gasteiger partial charge in [-0.15, -0.1) is 0 Å². The monoisotopic (exact) mass is 390 g/mol. The summed E-state index contributed by atoms with van der Waals surface area (Å²) in [5, 5.41) is 3.27. The molecule has 138 valence electrons. The first-order valence-corrected chi connectivity index (χ1v) is 10.1. The highest BCUT2D eigenvalue weighted by atomic mass is 35.5. The van der Waals surface area contributed by atoms with Crippen molar-refractivity contribution in [2.24, 2.45) is 0 Å². The highest BCUT2D eigenvalue weighted by Crippen LogP contribution is 2.38. The molecule has 0 aliphatic heterocycles. The fraction of sp³-hybridized carbons (Fsp3) is 0. The Hall–Kier alpha value is -3.35. The van der Waals surface area contributed by atoms with Crippen molar-refractivity contribution >= 4 is 22.4 Å². The third kappa shape index (κ3) is 3.44. The van der Waals surface area contributed by atoms with E-state index in [0.717, 1.165) is 5.02 Å². The molecular formula is C28H19Cl. The van der Waals surface area contributed by atoms with Gasteiger partial charge in [0.05, 0.1) is 0 Å². The van der Waals surface area contributed by atoms with Crippen LogP contribution in [0.3, 0.4) is 0 Å². The molecule has 0 heterocycles. The van der Waals surface area contributed by atoms with Crippen LogP contribution in [0.15, 0.2) is 115 Å². The second-order valence-corrected chi connectivity index (χ2v) is 7.60. The van der Waals surface area contributed by atoms with Gasteiger partial charge in [0.15, 0.2) is 0 Å². The standard InChI is InChI=1S/C28H19Cl/c29-24-14-11-20(12-15-24)23-13-16-27-25(21-7-3-1-4-8-21)17-18-26(28(27)19-23)22-9-5-2-6-10-22/h1-19H. The fourth-order valence-corrected chi connectivity index (χ4v) is 4.03. The molecule has 1 heteroatoms. The molecule has 0 nitrogen and oxygen atoms in total. The molecule has 0 aromatic heterocycles. The van der Waals surface area contributed by atoms with Gasteiger partial charge in [0.25, 0.3) is 0 Å². The predicted octanol–water partition coefficient (Wildman–Crippen LogP) is 8.49. The maximum atomic E-state index is 6.09. The number of hydrogen-bond acceptors (Lipinski definition) is 0. The SMILES string of the molecule is Clc1ccc(-c2ccc3c(-c4ccccc4)ccc(-c4ccccc4)c3c2)cc1. The number of rotatable bonds is 3. The number of benzene rings is 5. The van der Waals surface area contributed by atoms with Crippen LogP contribution in [-0.2, 0) is 0 Å². The lowest BCUT2D eigenvalue weighted by atomic mass is 9.90. The van der Waals surface area contributed by atoms with E-state index >= 15 is 0 Å². The number of fused-ring (bicyclic) bond motifs is 1. The summed E-state index contributed by atoms with van der Waals surface area (Å²) in [4.78, 5) is 0. The fourth-order valence-electron chi connectivity index (χ4n) is 3.91. The molecule has 0 aliphatic carbocycles. The third-order valence-corrected chi connectivity index (χ3v) is 5.62. The Morgan fingerprint density at radius 3 is 1.48 bits per heavy atom. The van der Waals surface area contributed by atoms with Gasteiger partial charge in [-0.1, -0.05) is 109 Å². The molecule has 0 amide bonds. The Morgan fingerprint density at radius 2 is 0.897 bits per heavy atom. The summed E-state index contributed by atoms with van der Waals surface area (Å²) < 4.78 is 0. The van der Waals surface area contributed by atoms with Crippen LogP contribution in [-0.4, -0.2) is 0 Å². The van der Waals surface area contributed by atoms with Crippen LogP contribution in [0, 0.1) is 0 Å². The average molecular weight is 391 g/mol. The predicted molar refractivity (Wildman–Crippen MR) is 125 cm³/mol. The van der Waals surface area contributed by atoms with E-state index in [1.54, 1.807) is 0 Å². The van der Waals surface area contributed by atoms with Gasteiger partial charge < -0.3 is 0 Å². The second kappa shape index (κ2) is 7.58. The molecular weight excluding hydrogens is 372 g/mol. The molecule has 5 aromatic carbocycles. The molecule has 0 bridgehead atoms. The second-order valence-electron chi connectivity index (χ2n) is 7.16. The van der Waals surface area contributed by atoms with Crippen molar-refractivity contribution in [2.45, 2.75) is 0 Å². The molecule has 0 spiro atoms. The van der Waals surface area contributed by atoms with Gasteiger partial charge in [-0.25, -0.2) is 0 Å². The summed E-state index contributed by atoms with van der Waals surface area (Å²) in [6.07, 6.45) is 0. The molecule has 29 heavy (non-hydrogen) atoms. The van der Waals surface area contributed by atoms with Crippen LogP contribution in [0.1, 0.15) is 0 Å². The van der Waals surface area contributed by atoms with E-state index < -0.39 is 0 Å². The Kier molecular flexibility index (Phi) is 4.63. The molecule has 0 radical (unpaired) electrons. The quantitative estimate of drug-likeness (QED) is 0.289. The van der Waals surface area contributed by atoms with E-state index in [4.69, 9.17) is 11.6 Å². The van der Waals surface area contributed by atoms with Crippen molar-refractivity contribution in [2.75, 3.05) is 0 Å². The van der Waals surface area contributed by atoms with Crippen LogP contribution >= 0.6 is 11.6 Å². The molecule has 0 atom stereocenters. The molecule has 0 aliphatic rings. The zero-order valence-corrected chi connectivity index (χ0v) is 16.6. The maximum Gasteiger partial charge on any atom is 0.0406 e. The smallest absolute Gasteiger partial charge is 0.0406 e. The molecule has 0 saturated carbocycles. The molecule has 0 saturated heterocycles. The molecule has 5 aromatic rings. The van der Waals surface area contributed by atoms with Crippen LogP contribution in [0.2, 0.25) is 5.02 Å². The van der Waals surface area contributed by atoms with Crippen molar-refractivity contribution in [3.63, 3.8) is 0 Å². The average Bonchev–Trinajstić information content (AvgIpc) is 2.79. The summed E-state index contributed by atoms with van der Waals surface area (Å²) in [6.45, 7) is 0. The van der Waals surface area contributed by atoms with Gasteiger partial charge in [0, 0.05) is 5.02 Å². The molecule has 0 fully saturated rings. The zero-order valence-electron chi connectivity index (χ0n) is 15.8. The van der Waals surface area contributed by atoms with E-state index in [9.17, 15) is 0 Å². The molecule has 5 rings (SSSR count). The summed E-state index contributed by atoms with van der Waals surface area (Å²) in [5.41, 5.74) is 7.32. The van der Waals surface area contributed by atoms with E-state index in [1.807, 2.05) is 12.1 Å². The van der Waals surface area contributed by atoms with Gasteiger partial charge in [-0.05, 0) is 62.4 Å². The van der Waals surface area contributed by atoms with Crippen molar-refractivity contribution in [3.8, 4) is 33.4 Å². The lowest BCUT2D eigenvalue weighted by Crippen LogP contribution is -1.87. The van der Waals surface area contributed by atoms with Crippen LogP contribution in [0.25, 0.3) is 44.2 Å². The summed E-state index contributed by atoms with van der Waals surface area (Å²) >= 11 is 6.09. The van der Waals surface area contributed by atoms with Crippen molar-refractivity contribution < 1.29 is 0 Å². The Balaban J connectivity index is 1.78. The largest absolute Gasteiger partial charge is 0.0843 e. The minimum atomic E-state index is 0.755. The molecule has 0 N–H and O–H groups in total. The van der Waals surface area contributed by atoms with Gasteiger partial charge in [-0.3, -0.25) is 0 Å². The molecule has 0 unspecified atom stereocenters. The van der Waals surface area contributed by atoms with Gasteiger partial charge in [0.2, 0.25) is 0 Å². The van der Waals surface area contributed by atoms with Crippen molar-refractivity contribution in [3.05, 3.63) is 120 Å². The third-order valence-electron chi connectivity index (χ3n) is 5.36. The topological polar surface area (TPSA) is 0 Å². The first kappa shape index (κ1) is 17.7. The van der Waals surface area contributed by atoms with E-state index in [0.29, 0.717) is 0 Å². The van der Waals surface area contributed by atoms with E-state index in [2.05, 4.69) is 103 Å². The van der Waals surface area contributed by atoms with Gasteiger partial charge in [-0.2, -0.15) is 0 Å². The Labute approximate surface area is 176 Å². The lowest BCUT2D eigenvalue weighted by Gasteiger charge is -2.14. The van der Waals surface area contributed by atoms with Crippen LogP contribution in [0.4, 0.5) is 0 Å². The normalized spacial score (nSPS) is 10.9. The lowest BCUT2D eigenvalue weighted by molar-refractivity contribution is 1.61. The van der Waals surface area contributed by atoms with Crippen molar-refractivity contribution in [1.29, 1.82) is 0 Å². The summed E-state index contributed by atoms with van der Waals surface area (Å²) in [6, 6.07) is 40.4. The number of hydrogen-bond donors (Lipinski definition) is 0. The highest BCUT2D eigenvalue weighted by molar-refractivity contribution is 6.30.